The summed E-state index contributed by atoms with van der Waals surface area (Å²) in [5.41, 5.74) is 17.8. The highest BCUT2D eigenvalue weighted by atomic mass is 15.1. The Balaban J connectivity index is 1.10. The van der Waals surface area contributed by atoms with Crippen LogP contribution in [0.4, 0.5) is 17.1 Å². The monoisotopic (exact) mass is 713 g/mol. The molecule has 0 N–H and O–H groups in total. The molecular formula is C55H39N. The molecule has 0 aromatic heterocycles. The molecule has 0 aliphatic heterocycles. The van der Waals surface area contributed by atoms with Gasteiger partial charge in [-0.2, -0.15) is 0 Å². The van der Waals surface area contributed by atoms with Crippen LogP contribution in [0.3, 0.4) is 0 Å². The standard InChI is InChI=1S/C55H39N/c1-5-17-40(18-6-1)41-29-34-47(35-30-41)56(54-28-16-14-25-49(54)43-19-7-2-8-20-43)48-36-31-42(32-37-48)44-33-38-51-50-26-13-15-27-52(50)55(53(51)39-44,45-21-9-3-10-22-45)46-23-11-4-12-24-46/h1-39H. The zero-order valence-electron chi connectivity index (χ0n) is 31.0. The van der Waals surface area contributed by atoms with Crippen LogP contribution < -0.4 is 4.90 Å². The van der Waals surface area contributed by atoms with Crippen molar-refractivity contribution in [1.29, 1.82) is 0 Å². The van der Waals surface area contributed by atoms with Gasteiger partial charge in [0.2, 0.25) is 0 Å². The van der Waals surface area contributed by atoms with Gasteiger partial charge in [-0.05, 0) is 97.6 Å². The summed E-state index contributed by atoms with van der Waals surface area (Å²) in [5.74, 6) is 0. The van der Waals surface area contributed by atoms with E-state index in [9.17, 15) is 0 Å². The smallest absolute Gasteiger partial charge is 0.0713 e. The van der Waals surface area contributed by atoms with Crippen LogP contribution in [0.15, 0.2) is 237 Å². The molecule has 9 aromatic carbocycles. The molecule has 0 radical (unpaired) electrons. The minimum absolute atomic E-state index is 0.436. The molecule has 0 saturated heterocycles. The van der Waals surface area contributed by atoms with Gasteiger partial charge in [0.05, 0.1) is 11.1 Å². The van der Waals surface area contributed by atoms with Gasteiger partial charge in [-0.15, -0.1) is 0 Å². The normalized spacial score (nSPS) is 12.4. The molecule has 264 valence electrons. The number of benzene rings is 9. The topological polar surface area (TPSA) is 3.24 Å². The molecule has 1 nitrogen and oxygen atoms in total. The van der Waals surface area contributed by atoms with Crippen molar-refractivity contribution in [1.82, 2.24) is 0 Å². The summed E-state index contributed by atoms with van der Waals surface area (Å²) in [5, 5.41) is 0. The lowest BCUT2D eigenvalue weighted by atomic mass is 9.67. The van der Waals surface area contributed by atoms with Gasteiger partial charge in [0.15, 0.2) is 0 Å². The van der Waals surface area contributed by atoms with Crippen molar-refractivity contribution in [3.63, 3.8) is 0 Å². The first kappa shape index (κ1) is 33.4. The number of hydrogen-bond acceptors (Lipinski definition) is 1. The number of rotatable bonds is 8. The summed E-state index contributed by atoms with van der Waals surface area (Å²) in [4.78, 5) is 2.38. The van der Waals surface area contributed by atoms with Crippen LogP contribution >= 0.6 is 0 Å². The molecule has 1 aliphatic rings. The van der Waals surface area contributed by atoms with Crippen molar-refractivity contribution >= 4 is 17.1 Å². The first-order valence-corrected chi connectivity index (χ1v) is 19.3. The van der Waals surface area contributed by atoms with Gasteiger partial charge >= 0.3 is 0 Å². The maximum absolute atomic E-state index is 2.44. The second-order valence-electron chi connectivity index (χ2n) is 14.5. The van der Waals surface area contributed by atoms with Crippen LogP contribution in [0, 0.1) is 0 Å². The largest absolute Gasteiger partial charge is 0.310 e. The van der Waals surface area contributed by atoms with E-state index in [-0.39, 0.29) is 0 Å². The average molecular weight is 714 g/mol. The molecule has 0 amide bonds. The molecule has 0 unspecified atom stereocenters. The van der Waals surface area contributed by atoms with E-state index in [4.69, 9.17) is 0 Å². The van der Waals surface area contributed by atoms with Crippen molar-refractivity contribution in [3.8, 4) is 44.5 Å². The van der Waals surface area contributed by atoms with Crippen molar-refractivity contribution in [2.75, 3.05) is 4.90 Å². The number of nitrogens with zero attached hydrogens (tertiary/aromatic N) is 1. The summed E-state index contributed by atoms with van der Waals surface area (Å²) in [6.07, 6.45) is 0. The molecule has 10 rings (SSSR count). The van der Waals surface area contributed by atoms with Crippen molar-refractivity contribution in [3.05, 3.63) is 259 Å². The van der Waals surface area contributed by atoms with E-state index in [1.54, 1.807) is 0 Å². The van der Waals surface area contributed by atoms with Crippen LogP contribution in [0.5, 0.6) is 0 Å². The van der Waals surface area contributed by atoms with Crippen molar-refractivity contribution < 1.29 is 0 Å². The lowest BCUT2D eigenvalue weighted by Crippen LogP contribution is -2.28. The fourth-order valence-electron chi connectivity index (χ4n) is 8.82. The molecule has 0 fully saturated rings. The summed E-state index contributed by atoms with van der Waals surface area (Å²) in [7, 11) is 0. The van der Waals surface area contributed by atoms with Gasteiger partial charge in [-0.1, -0.05) is 200 Å². The van der Waals surface area contributed by atoms with Crippen LogP contribution in [-0.4, -0.2) is 0 Å². The first-order valence-electron chi connectivity index (χ1n) is 19.3. The zero-order valence-corrected chi connectivity index (χ0v) is 31.0. The van der Waals surface area contributed by atoms with E-state index in [0.29, 0.717) is 0 Å². The predicted molar refractivity (Wildman–Crippen MR) is 235 cm³/mol. The Morgan fingerprint density at radius 1 is 0.268 bits per heavy atom. The SMILES string of the molecule is c1ccc(-c2ccc(N(c3ccc(-c4ccc5c(c4)C(c4ccccc4)(c4ccccc4)c4ccccc4-5)cc3)c3ccccc3-c3ccccc3)cc2)cc1. The highest BCUT2D eigenvalue weighted by Crippen LogP contribution is 2.56. The Morgan fingerprint density at radius 3 is 1.27 bits per heavy atom. The summed E-state index contributed by atoms with van der Waals surface area (Å²) < 4.78 is 0. The van der Waals surface area contributed by atoms with Crippen LogP contribution in [0.25, 0.3) is 44.5 Å². The van der Waals surface area contributed by atoms with Crippen molar-refractivity contribution in [2.24, 2.45) is 0 Å². The first-order chi connectivity index (χ1) is 27.8. The highest BCUT2D eigenvalue weighted by Gasteiger charge is 2.46. The minimum Gasteiger partial charge on any atom is -0.310 e. The second kappa shape index (κ2) is 14.2. The number of fused-ring (bicyclic) bond motifs is 3. The van der Waals surface area contributed by atoms with Crippen LogP contribution in [0.1, 0.15) is 22.3 Å². The Labute approximate surface area is 329 Å². The lowest BCUT2D eigenvalue weighted by Gasteiger charge is -2.34. The number of anilines is 3. The Kier molecular flexibility index (Phi) is 8.46. The fraction of sp³-hybridized carbons (Fsp3) is 0.0182. The maximum Gasteiger partial charge on any atom is 0.0713 e. The van der Waals surface area contributed by atoms with E-state index in [2.05, 4.69) is 241 Å². The minimum atomic E-state index is -0.436. The fourth-order valence-corrected chi connectivity index (χ4v) is 8.82. The molecule has 1 aliphatic carbocycles. The van der Waals surface area contributed by atoms with Crippen molar-refractivity contribution in [2.45, 2.75) is 5.41 Å². The molecule has 0 spiro atoms. The van der Waals surface area contributed by atoms with Gasteiger partial charge in [0.1, 0.15) is 0 Å². The highest BCUT2D eigenvalue weighted by molar-refractivity contribution is 5.91. The Morgan fingerprint density at radius 2 is 0.679 bits per heavy atom. The van der Waals surface area contributed by atoms with E-state index in [1.807, 2.05) is 0 Å². The zero-order chi connectivity index (χ0) is 37.3. The Hall–Kier alpha value is -7.22. The van der Waals surface area contributed by atoms with E-state index >= 15 is 0 Å². The molecule has 0 atom stereocenters. The second-order valence-corrected chi connectivity index (χ2v) is 14.5. The maximum atomic E-state index is 2.44. The molecule has 0 saturated carbocycles. The van der Waals surface area contributed by atoms with Gasteiger partial charge in [0.25, 0.3) is 0 Å². The molecule has 0 heterocycles. The summed E-state index contributed by atoms with van der Waals surface area (Å²) in [6, 6.07) is 86.1. The molecular weight excluding hydrogens is 675 g/mol. The average Bonchev–Trinajstić information content (AvgIpc) is 3.59. The third-order valence-corrected chi connectivity index (χ3v) is 11.4. The van der Waals surface area contributed by atoms with E-state index in [0.717, 1.165) is 17.1 Å². The molecule has 56 heavy (non-hydrogen) atoms. The predicted octanol–water partition coefficient (Wildman–Crippen LogP) is 14.5. The van der Waals surface area contributed by atoms with Gasteiger partial charge in [-0.3, -0.25) is 0 Å². The van der Waals surface area contributed by atoms with Gasteiger partial charge < -0.3 is 4.90 Å². The van der Waals surface area contributed by atoms with Crippen LogP contribution in [0.2, 0.25) is 0 Å². The van der Waals surface area contributed by atoms with Crippen LogP contribution in [-0.2, 0) is 5.41 Å². The molecule has 0 bridgehead atoms. The lowest BCUT2D eigenvalue weighted by molar-refractivity contribution is 0.769. The molecule has 1 heteroatoms. The van der Waals surface area contributed by atoms with Gasteiger partial charge in [-0.25, -0.2) is 0 Å². The summed E-state index contributed by atoms with van der Waals surface area (Å²) >= 11 is 0. The number of hydrogen-bond donors (Lipinski definition) is 0. The Bertz CT molecular complexity index is 2710. The van der Waals surface area contributed by atoms with E-state index in [1.165, 1.54) is 66.8 Å². The van der Waals surface area contributed by atoms with E-state index < -0.39 is 5.41 Å². The number of para-hydroxylation sites is 1. The quantitative estimate of drug-likeness (QED) is 0.152. The summed E-state index contributed by atoms with van der Waals surface area (Å²) in [6.45, 7) is 0. The molecule has 9 aromatic rings. The third kappa shape index (κ3) is 5.65. The van der Waals surface area contributed by atoms with Gasteiger partial charge in [0, 0.05) is 16.9 Å². The third-order valence-electron chi connectivity index (χ3n) is 11.4.